The summed E-state index contributed by atoms with van der Waals surface area (Å²) in [5.41, 5.74) is 8.19. The molecule has 0 saturated carbocycles. The summed E-state index contributed by atoms with van der Waals surface area (Å²) < 4.78 is 0. The fourth-order valence-electron chi connectivity index (χ4n) is 2.37. The van der Waals surface area contributed by atoms with Crippen molar-refractivity contribution in [3.8, 4) is 23.5 Å². The second-order valence-electron chi connectivity index (χ2n) is 5.66. The van der Waals surface area contributed by atoms with Gasteiger partial charge >= 0.3 is 5.97 Å². The number of primary amides is 1. The van der Waals surface area contributed by atoms with E-state index in [2.05, 4.69) is 11.2 Å². The minimum absolute atomic E-state index is 0.0595. The van der Waals surface area contributed by atoms with Crippen molar-refractivity contribution in [1.82, 2.24) is 5.32 Å². The van der Waals surface area contributed by atoms with Gasteiger partial charge in [-0.2, -0.15) is 0 Å². The largest absolute Gasteiger partial charge is 0.481 e. The first-order valence-electron chi connectivity index (χ1n) is 7.90. The molecule has 0 unspecified atom stereocenters. The average Bonchev–Trinajstić information content (AvgIpc) is 2.64. The number of benzene rings is 2. The Balaban J connectivity index is 2.08. The van der Waals surface area contributed by atoms with Crippen molar-refractivity contribution >= 4 is 17.8 Å². The normalized spacial score (nSPS) is 11.2. The van der Waals surface area contributed by atoms with Crippen molar-refractivity contribution in [2.45, 2.75) is 18.9 Å². The number of carbonyl (C=O) groups excluding carboxylic acids is 2. The minimum Gasteiger partial charge on any atom is -0.481 e. The number of nitrogens with one attached hydrogen (secondary N) is 1. The minimum atomic E-state index is -1.06. The van der Waals surface area contributed by atoms with Crippen LogP contribution >= 0.6 is 0 Å². The maximum Gasteiger partial charge on any atom is 0.303 e. The molecule has 6 nitrogen and oxygen atoms in total. The number of carboxylic acids is 1. The van der Waals surface area contributed by atoms with Crippen molar-refractivity contribution < 1.29 is 19.5 Å². The van der Waals surface area contributed by atoms with Crippen molar-refractivity contribution in [1.29, 1.82) is 0 Å². The molecule has 1 atom stereocenters. The third kappa shape index (κ3) is 4.95. The summed E-state index contributed by atoms with van der Waals surface area (Å²) in [5.74, 6) is 0.217. The topological polar surface area (TPSA) is 109 Å². The standard InChI is InChI=1S/C20H18N2O4/c1-2-13-3-5-14(6-4-13)15-7-9-16(10-8-15)20(26)22-17(19(21)25)11-12-18(23)24/h1,3-10,17H,11-12H2,(H2,21,25)(H,22,26)(H,23,24)/t17-/m0/s1. The Morgan fingerprint density at radius 3 is 2.04 bits per heavy atom. The van der Waals surface area contributed by atoms with Gasteiger partial charge in [0.1, 0.15) is 6.04 Å². The van der Waals surface area contributed by atoms with Gasteiger partial charge < -0.3 is 16.2 Å². The SMILES string of the molecule is C#Cc1ccc(-c2ccc(C(=O)N[C@@H](CCC(=O)O)C(N)=O)cc2)cc1. The molecule has 0 saturated heterocycles. The van der Waals surface area contributed by atoms with Gasteiger partial charge in [-0.3, -0.25) is 14.4 Å². The summed E-state index contributed by atoms with van der Waals surface area (Å²) in [7, 11) is 0. The molecule has 2 aromatic rings. The Hall–Kier alpha value is -3.59. The number of carboxylic acid groups (broad SMARTS) is 1. The number of hydrogen-bond donors (Lipinski definition) is 3. The Labute approximate surface area is 151 Å². The van der Waals surface area contributed by atoms with Crippen LogP contribution in [-0.4, -0.2) is 28.9 Å². The van der Waals surface area contributed by atoms with E-state index in [1.165, 1.54) is 0 Å². The first-order chi connectivity index (χ1) is 12.4. The first kappa shape index (κ1) is 18.7. The van der Waals surface area contributed by atoms with Crippen LogP contribution in [0.15, 0.2) is 48.5 Å². The summed E-state index contributed by atoms with van der Waals surface area (Å²) in [6.07, 6.45) is 5.01. The Bertz CT molecular complexity index is 849. The molecule has 0 spiro atoms. The fraction of sp³-hybridized carbons (Fsp3) is 0.150. The number of hydrogen-bond acceptors (Lipinski definition) is 3. The maximum atomic E-state index is 12.2. The summed E-state index contributed by atoms with van der Waals surface area (Å²) in [6.45, 7) is 0. The third-order valence-electron chi connectivity index (χ3n) is 3.83. The van der Waals surface area contributed by atoms with E-state index in [1.54, 1.807) is 24.3 Å². The van der Waals surface area contributed by atoms with E-state index >= 15 is 0 Å². The van der Waals surface area contributed by atoms with Crippen molar-refractivity contribution in [3.63, 3.8) is 0 Å². The molecule has 0 aromatic heterocycles. The zero-order chi connectivity index (χ0) is 19.1. The lowest BCUT2D eigenvalue weighted by atomic mass is 10.0. The lowest BCUT2D eigenvalue weighted by molar-refractivity contribution is -0.137. The third-order valence-corrected chi connectivity index (χ3v) is 3.83. The highest BCUT2D eigenvalue weighted by Gasteiger charge is 2.20. The molecular weight excluding hydrogens is 332 g/mol. The van der Waals surface area contributed by atoms with Gasteiger partial charge in [0.15, 0.2) is 0 Å². The number of aliphatic carboxylic acids is 1. The summed E-state index contributed by atoms with van der Waals surface area (Å²) in [6, 6.07) is 13.2. The Morgan fingerprint density at radius 1 is 1.04 bits per heavy atom. The molecule has 6 heteroatoms. The smallest absolute Gasteiger partial charge is 0.303 e. The van der Waals surface area contributed by atoms with Crippen molar-refractivity contribution in [2.75, 3.05) is 0 Å². The van der Waals surface area contributed by atoms with Crippen LogP contribution in [0.1, 0.15) is 28.8 Å². The van der Waals surface area contributed by atoms with Crippen LogP contribution in [0.2, 0.25) is 0 Å². The molecule has 26 heavy (non-hydrogen) atoms. The number of nitrogens with two attached hydrogens (primary N) is 1. The highest BCUT2D eigenvalue weighted by atomic mass is 16.4. The predicted molar refractivity (Wildman–Crippen MR) is 97.1 cm³/mol. The molecule has 0 aliphatic rings. The average molecular weight is 350 g/mol. The van der Waals surface area contributed by atoms with Gasteiger partial charge in [-0.1, -0.05) is 30.2 Å². The zero-order valence-corrected chi connectivity index (χ0v) is 13.9. The number of amides is 2. The molecule has 2 rings (SSSR count). The van der Waals surface area contributed by atoms with Crippen LogP contribution < -0.4 is 11.1 Å². The molecule has 0 fully saturated rings. The van der Waals surface area contributed by atoms with Gasteiger partial charge in [-0.15, -0.1) is 6.42 Å². The Morgan fingerprint density at radius 2 is 1.58 bits per heavy atom. The lowest BCUT2D eigenvalue weighted by Gasteiger charge is -2.14. The Kier molecular flexibility index (Phi) is 6.12. The molecule has 0 heterocycles. The van der Waals surface area contributed by atoms with Crippen molar-refractivity contribution in [3.05, 3.63) is 59.7 Å². The van der Waals surface area contributed by atoms with E-state index < -0.39 is 23.8 Å². The summed E-state index contributed by atoms with van der Waals surface area (Å²) in [4.78, 5) is 34.2. The molecule has 2 amide bonds. The predicted octanol–water partition coefficient (Wildman–Crippen LogP) is 1.78. The second kappa shape index (κ2) is 8.49. The highest BCUT2D eigenvalue weighted by Crippen LogP contribution is 2.20. The van der Waals surface area contributed by atoms with Gasteiger partial charge in [-0.25, -0.2) is 0 Å². The van der Waals surface area contributed by atoms with Crippen LogP contribution in [0.4, 0.5) is 0 Å². The first-order valence-corrected chi connectivity index (χ1v) is 7.90. The van der Waals surface area contributed by atoms with Crippen LogP contribution in [-0.2, 0) is 9.59 Å². The van der Waals surface area contributed by atoms with Crippen molar-refractivity contribution in [2.24, 2.45) is 5.73 Å². The van der Waals surface area contributed by atoms with Crippen LogP contribution in [0.25, 0.3) is 11.1 Å². The van der Waals surface area contributed by atoms with E-state index in [-0.39, 0.29) is 12.8 Å². The number of terminal acetylenes is 1. The zero-order valence-electron chi connectivity index (χ0n) is 13.9. The van der Waals surface area contributed by atoms with Gasteiger partial charge in [0, 0.05) is 17.5 Å². The molecule has 4 N–H and O–H groups in total. The van der Waals surface area contributed by atoms with Gasteiger partial charge in [0.25, 0.3) is 5.91 Å². The van der Waals surface area contributed by atoms with E-state index in [9.17, 15) is 14.4 Å². The van der Waals surface area contributed by atoms with Gasteiger partial charge in [0.05, 0.1) is 0 Å². The molecule has 132 valence electrons. The fourth-order valence-corrected chi connectivity index (χ4v) is 2.37. The van der Waals surface area contributed by atoms with E-state index in [1.807, 2.05) is 24.3 Å². The lowest BCUT2D eigenvalue weighted by Crippen LogP contribution is -2.44. The van der Waals surface area contributed by atoms with Gasteiger partial charge in [0.2, 0.25) is 5.91 Å². The van der Waals surface area contributed by atoms with E-state index in [4.69, 9.17) is 17.3 Å². The summed E-state index contributed by atoms with van der Waals surface area (Å²) in [5, 5.41) is 11.2. The van der Waals surface area contributed by atoms with Crippen LogP contribution in [0, 0.1) is 12.3 Å². The molecule has 0 aliphatic heterocycles. The number of rotatable bonds is 7. The van der Waals surface area contributed by atoms with E-state index in [0.717, 1.165) is 16.7 Å². The molecule has 0 bridgehead atoms. The van der Waals surface area contributed by atoms with E-state index in [0.29, 0.717) is 5.56 Å². The molecular formula is C20H18N2O4. The maximum absolute atomic E-state index is 12.2. The second-order valence-corrected chi connectivity index (χ2v) is 5.66. The van der Waals surface area contributed by atoms with Crippen LogP contribution in [0.3, 0.4) is 0 Å². The molecule has 2 aromatic carbocycles. The monoisotopic (exact) mass is 350 g/mol. The number of carbonyl (C=O) groups is 3. The van der Waals surface area contributed by atoms with Crippen LogP contribution in [0.5, 0.6) is 0 Å². The highest BCUT2D eigenvalue weighted by molar-refractivity contribution is 5.97. The molecule has 0 radical (unpaired) electrons. The summed E-state index contributed by atoms with van der Waals surface area (Å²) >= 11 is 0. The van der Waals surface area contributed by atoms with Gasteiger partial charge in [-0.05, 0) is 41.8 Å². The molecule has 0 aliphatic carbocycles. The quantitative estimate of drug-likeness (QED) is 0.661.